The normalized spacial score (nSPS) is 18.2. The molecule has 8 nitrogen and oxygen atoms in total. The van der Waals surface area contributed by atoms with Gasteiger partial charge in [-0.15, -0.1) is 0 Å². The summed E-state index contributed by atoms with van der Waals surface area (Å²) in [6.45, 7) is 4.08. The number of nitrogens with one attached hydrogen (secondary N) is 2. The van der Waals surface area contributed by atoms with Crippen molar-refractivity contribution in [3.8, 4) is 0 Å². The summed E-state index contributed by atoms with van der Waals surface area (Å²) in [6.07, 6.45) is 1.00. The van der Waals surface area contributed by atoms with Crippen molar-refractivity contribution in [2.24, 2.45) is 5.41 Å². The molecule has 190 valence electrons. The van der Waals surface area contributed by atoms with Crippen LogP contribution in [0.25, 0.3) is 0 Å². The Morgan fingerprint density at radius 1 is 1.11 bits per heavy atom. The molecule has 1 atom stereocenters. The minimum absolute atomic E-state index is 0.0145. The number of hydrogen-bond donors (Lipinski definition) is 2. The first kappa shape index (κ1) is 25.5. The molecule has 0 saturated carbocycles. The van der Waals surface area contributed by atoms with E-state index < -0.39 is 10.8 Å². The van der Waals surface area contributed by atoms with E-state index in [4.69, 9.17) is 28.2 Å². The highest BCUT2D eigenvalue weighted by molar-refractivity contribution is 7.98. The summed E-state index contributed by atoms with van der Waals surface area (Å²) in [7, 11) is 0. The maximum Gasteiger partial charge on any atom is 0.269 e. The van der Waals surface area contributed by atoms with Gasteiger partial charge in [-0.05, 0) is 35.1 Å². The predicted molar refractivity (Wildman–Crippen MR) is 144 cm³/mol. The molecule has 5 rings (SSSR count). The van der Waals surface area contributed by atoms with E-state index in [0.29, 0.717) is 56.3 Å². The zero-order chi connectivity index (χ0) is 26.5. The predicted octanol–water partition coefficient (Wildman–Crippen LogP) is 6.48. The van der Waals surface area contributed by atoms with E-state index in [-0.39, 0.29) is 22.4 Å². The van der Waals surface area contributed by atoms with Gasteiger partial charge in [-0.25, -0.2) is 4.98 Å². The molecule has 0 spiro atoms. The van der Waals surface area contributed by atoms with Crippen LogP contribution in [0, 0.1) is 15.5 Å². The zero-order valence-corrected chi connectivity index (χ0v) is 22.3. The number of non-ortho nitro benzene ring substituents is 1. The molecule has 11 heteroatoms. The lowest BCUT2D eigenvalue weighted by Gasteiger charge is -2.38. The number of Topliss-reactive ketones (excluding diaryl/α,β-unsaturated/α-hetero) is 1. The molecule has 37 heavy (non-hydrogen) atoms. The average molecular weight is 557 g/mol. The van der Waals surface area contributed by atoms with Gasteiger partial charge in [0, 0.05) is 41.5 Å². The van der Waals surface area contributed by atoms with E-state index in [0.717, 1.165) is 11.3 Å². The maximum absolute atomic E-state index is 13.4. The number of hydrogen-bond acceptors (Lipinski definition) is 7. The third kappa shape index (κ3) is 5.03. The molecule has 0 fully saturated rings. The molecule has 2 aromatic carbocycles. The lowest BCUT2D eigenvalue weighted by Crippen LogP contribution is -2.37. The Morgan fingerprint density at radius 2 is 1.84 bits per heavy atom. The van der Waals surface area contributed by atoms with Gasteiger partial charge in [0.2, 0.25) is 0 Å². The van der Waals surface area contributed by atoms with Crippen molar-refractivity contribution in [3.05, 3.63) is 101 Å². The Balaban J connectivity index is 1.54. The number of benzene rings is 2. The Kier molecular flexibility index (Phi) is 6.64. The third-order valence-electron chi connectivity index (χ3n) is 6.50. The summed E-state index contributed by atoms with van der Waals surface area (Å²) in [4.78, 5) is 44.8. The van der Waals surface area contributed by atoms with E-state index >= 15 is 0 Å². The topological polar surface area (TPSA) is 118 Å². The number of carbonyl (C=O) groups is 1. The van der Waals surface area contributed by atoms with Crippen LogP contribution in [0.5, 0.6) is 0 Å². The molecule has 2 aliphatic rings. The van der Waals surface area contributed by atoms with Crippen LogP contribution in [0.15, 0.2) is 63.7 Å². The first-order valence-corrected chi connectivity index (χ1v) is 13.2. The van der Waals surface area contributed by atoms with Crippen LogP contribution in [-0.2, 0) is 10.5 Å². The number of nitrogens with zero attached hydrogens (tertiary/aromatic N) is 2. The first-order chi connectivity index (χ1) is 17.5. The molecule has 1 aliphatic heterocycles. The summed E-state index contributed by atoms with van der Waals surface area (Å²) in [5.74, 6) is 0.205. The highest BCUT2D eigenvalue weighted by Gasteiger charge is 2.42. The zero-order valence-electron chi connectivity index (χ0n) is 19.9. The van der Waals surface area contributed by atoms with Gasteiger partial charge in [0.15, 0.2) is 10.9 Å². The number of thioether (sulfide) groups is 1. The van der Waals surface area contributed by atoms with Gasteiger partial charge >= 0.3 is 0 Å². The standard InChI is InChI=1S/C26H22Cl2N4O4S/c1-26(2)10-18-21(19(33)11-26)20(14-5-8-16(27)17(28)9-14)22-23(29-18)30-25(31-24(22)34)37-12-13-3-6-15(7-4-13)32(35)36/h3-9,20H,10-12H2,1-2H3,(H2,29,30,31,34). The average Bonchev–Trinajstić information content (AvgIpc) is 2.82. The minimum atomic E-state index is -0.630. The van der Waals surface area contributed by atoms with Crippen molar-refractivity contribution in [2.45, 2.75) is 43.5 Å². The largest absolute Gasteiger partial charge is 0.343 e. The number of carbonyl (C=O) groups excluding carboxylic acids is 1. The molecule has 0 bridgehead atoms. The highest BCUT2D eigenvalue weighted by Crippen LogP contribution is 2.48. The SMILES string of the molecule is CC1(C)CC(=O)C2=C(C1)Nc1nc(SCc3ccc([N+](=O)[O-])cc3)[nH]c(=O)c1C2c1ccc(Cl)c(Cl)c1. The van der Waals surface area contributed by atoms with Crippen LogP contribution >= 0.6 is 35.0 Å². The molecule has 1 aliphatic carbocycles. The van der Waals surface area contributed by atoms with Gasteiger partial charge in [0.1, 0.15) is 5.82 Å². The molecule has 0 amide bonds. The molecular weight excluding hydrogens is 535 g/mol. The Hall–Kier alpha value is -3.14. The number of aromatic nitrogens is 2. The van der Waals surface area contributed by atoms with E-state index in [2.05, 4.69) is 10.3 Å². The summed E-state index contributed by atoms with van der Waals surface area (Å²) in [5, 5.41) is 15.3. The number of anilines is 1. The highest BCUT2D eigenvalue weighted by atomic mass is 35.5. The van der Waals surface area contributed by atoms with Gasteiger partial charge < -0.3 is 10.3 Å². The third-order valence-corrected chi connectivity index (χ3v) is 8.18. The molecule has 2 N–H and O–H groups in total. The number of nitro groups is 1. The Bertz CT molecular complexity index is 1530. The van der Waals surface area contributed by atoms with E-state index in [1.807, 2.05) is 13.8 Å². The van der Waals surface area contributed by atoms with Crippen LogP contribution in [0.1, 0.15) is 49.3 Å². The van der Waals surface area contributed by atoms with Crippen molar-refractivity contribution >= 4 is 52.3 Å². The van der Waals surface area contributed by atoms with Crippen molar-refractivity contribution in [1.29, 1.82) is 0 Å². The van der Waals surface area contributed by atoms with Gasteiger partial charge in [-0.2, -0.15) is 0 Å². The van der Waals surface area contributed by atoms with E-state index in [1.165, 1.54) is 23.9 Å². The molecule has 0 radical (unpaired) electrons. The summed E-state index contributed by atoms with van der Waals surface area (Å²) >= 11 is 13.8. The fourth-order valence-corrected chi connectivity index (χ4v) is 5.98. The van der Waals surface area contributed by atoms with Crippen LogP contribution in [0.2, 0.25) is 10.0 Å². The second-order valence-corrected chi connectivity index (χ2v) is 11.7. The summed E-state index contributed by atoms with van der Waals surface area (Å²) in [5.41, 5.74) is 2.63. The fraction of sp³-hybridized carbons (Fsp3) is 0.269. The van der Waals surface area contributed by atoms with E-state index in [1.54, 1.807) is 30.3 Å². The van der Waals surface area contributed by atoms with Gasteiger partial charge in [-0.1, -0.05) is 67.0 Å². The van der Waals surface area contributed by atoms with Crippen LogP contribution in [0.3, 0.4) is 0 Å². The number of aromatic amines is 1. The number of halogens is 2. The second-order valence-electron chi connectivity index (χ2n) is 9.91. The molecule has 1 aromatic heterocycles. The molecule has 1 unspecified atom stereocenters. The number of H-pyrrole nitrogens is 1. The summed E-state index contributed by atoms with van der Waals surface area (Å²) in [6, 6.07) is 11.4. The van der Waals surface area contributed by atoms with Crippen LogP contribution in [-0.4, -0.2) is 20.7 Å². The lowest BCUT2D eigenvalue weighted by molar-refractivity contribution is -0.384. The summed E-state index contributed by atoms with van der Waals surface area (Å²) < 4.78 is 0. The first-order valence-electron chi connectivity index (χ1n) is 11.5. The quantitative estimate of drug-likeness (QED) is 0.160. The lowest BCUT2D eigenvalue weighted by atomic mass is 9.69. The number of allylic oxidation sites excluding steroid dienone is 2. The maximum atomic E-state index is 13.4. The number of nitro benzene ring substituents is 1. The molecule has 2 heterocycles. The van der Waals surface area contributed by atoms with Crippen molar-refractivity contribution in [2.75, 3.05) is 5.32 Å². The Morgan fingerprint density at radius 3 is 2.51 bits per heavy atom. The molecular formula is C26H22Cl2N4O4S. The fourth-order valence-electron chi connectivity index (χ4n) is 4.85. The molecule has 3 aromatic rings. The van der Waals surface area contributed by atoms with Crippen LogP contribution in [0.4, 0.5) is 11.5 Å². The van der Waals surface area contributed by atoms with Crippen molar-refractivity contribution < 1.29 is 9.72 Å². The van der Waals surface area contributed by atoms with Crippen LogP contribution < -0.4 is 10.9 Å². The molecule has 0 saturated heterocycles. The number of ketones is 1. The minimum Gasteiger partial charge on any atom is -0.343 e. The Labute approximate surface area is 226 Å². The van der Waals surface area contributed by atoms with Crippen molar-refractivity contribution in [3.63, 3.8) is 0 Å². The second kappa shape index (κ2) is 9.63. The van der Waals surface area contributed by atoms with Gasteiger partial charge in [0.25, 0.3) is 11.2 Å². The van der Waals surface area contributed by atoms with Crippen molar-refractivity contribution in [1.82, 2.24) is 9.97 Å². The number of rotatable bonds is 5. The number of fused-ring (bicyclic) bond motifs is 1. The van der Waals surface area contributed by atoms with Gasteiger partial charge in [-0.3, -0.25) is 19.7 Å². The monoisotopic (exact) mass is 556 g/mol. The smallest absolute Gasteiger partial charge is 0.269 e. The van der Waals surface area contributed by atoms with Gasteiger partial charge in [0.05, 0.1) is 20.5 Å². The van der Waals surface area contributed by atoms with E-state index in [9.17, 15) is 19.7 Å².